The number of rotatable bonds is 5. The summed E-state index contributed by atoms with van der Waals surface area (Å²) in [5.41, 5.74) is 2.30. The van der Waals surface area contributed by atoms with Crippen molar-refractivity contribution in [2.45, 2.75) is 6.92 Å². The number of carbonyl (C=O) groups is 1. The van der Waals surface area contributed by atoms with E-state index in [4.69, 9.17) is 0 Å². The number of nitrogens with zero attached hydrogens (tertiary/aromatic N) is 4. The monoisotopic (exact) mass is 422 g/mol. The Morgan fingerprint density at radius 3 is 2.79 bits per heavy atom. The lowest BCUT2D eigenvalue weighted by Gasteiger charge is -2.17. The first-order chi connectivity index (χ1) is 14.0. The molecule has 0 unspecified atom stereocenters. The van der Waals surface area contributed by atoms with Gasteiger partial charge in [-0.05, 0) is 12.5 Å². The van der Waals surface area contributed by atoms with Gasteiger partial charge in [0, 0.05) is 24.5 Å². The van der Waals surface area contributed by atoms with Crippen LogP contribution in [-0.2, 0) is 7.05 Å². The van der Waals surface area contributed by atoms with Crippen molar-refractivity contribution >= 4 is 43.9 Å². The molecule has 146 valence electrons. The van der Waals surface area contributed by atoms with Crippen molar-refractivity contribution in [2.24, 2.45) is 7.05 Å². The number of hydrogen-bond donors (Lipinski definition) is 0. The molecule has 4 aromatic rings. The van der Waals surface area contributed by atoms with Crippen molar-refractivity contribution in [2.75, 3.05) is 11.4 Å². The normalized spacial score (nSPS) is 11.0. The van der Waals surface area contributed by atoms with Gasteiger partial charge in [0.15, 0.2) is 5.13 Å². The number of aryl methyl sites for hydroxylation is 2. The molecule has 0 aliphatic heterocycles. The second-order valence-electron chi connectivity index (χ2n) is 6.48. The molecule has 4 rings (SSSR count). The molecule has 0 saturated carbocycles. The van der Waals surface area contributed by atoms with Gasteiger partial charge in [0.25, 0.3) is 11.5 Å². The molecule has 1 aromatic carbocycles. The summed E-state index contributed by atoms with van der Waals surface area (Å²) >= 11 is 2.64. The van der Waals surface area contributed by atoms with Gasteiger partial charge in [0.05, 0.1) is 22.3 Å². The Balaban J connectivity index is 1.76. The largest absolute Gasteiger partial charge is 0.302 e. The average molecular weight is 423 g/mol. The van der Waals surface area contributed by atoms with Crippen molar-refractivity contribution in [3.63, 3.8) is 0 Å². The highest BCUT2D eigenvalue weighted by atomic mass is 32.1. The number of carbonyl (C=O) groups excluding carboxylic acids is 1. The molecule has 3 heterocycles. The van der Waals surface area contributed by atoms with Gasteiger partial charge in [-0.25, -0.2) is 9.97 Å². The Bertz CT molecular complexity index is 1270. The molecule has 0 radical (unpaired) electrons. The minimum atomic E-state index is -0.207. The molecule has 0 aliphatic carbocycles. The van der Waals surface area contributed by atoms with E-state index in [2.05, 4.69) is 16.5 Å². The molecule has 0 N–H and O–H groups in total. The summed E-state index contributed by atoms with van der Waals surface area (Å²) in [4.78, 5) is 37.5. The highest BCUT2D eigenvalue weighted by Gasteiger charge is 2.25. The van der Waals surface area contributed by atoms with Crippen LogP contribution in [0.5, 0.6) is 0 Å². The summed E-state index contributed by atoms with van der Waals surface area (Å²) in [5, 5.41) is 3.01. The highest BCUT2D eigenvalue weighted by Crippen LogP contribution is 2.32. The second kappa shape index (κ2) is 7.73. The number of benzene rings is 1. The Morgan fingerprint density at radius 2 is 2.07 bits per heavy atom. The Labute approximate surface area is 175 Å². The summed E-state index contributed by atoms with van der Waals surface area (Å²) < 4.78 is 1.42. The molecular formula is C21H18N4O2S2. The zero-order valence-electron chi connectivity index (χ0n) is 16.0. The van der Waals surface area contributed by atoms with Gasteiger partial charge in [-0.15, -0.1) is 29.3 Å². The smallest absolute Gasteiger partial charge is 0.270 e. The van der Waals surface area contributed by atoms with Crippen LogP contribution in [0.1, 0.15) is 15.2 Å². The van der Waals surface area contributed by atoms with E-state index in [1.54, 1.807) is 24.9 Å². The molecule has 29 heavy (non-hydrogen) atoms. The average Bonchev–Trinajstić information content (AvgIpc) is 3.34. The molecule has 0 aliphatic rings. The van der Waals surface area contributed by atoms with Gasteiger partial charge in [-0.3, -0.25) is 14.5 Å². The molecule has 1 amide bonds. The van der Waals surface area contributed by atoms with Crippen LogP contribution in [-0.4, -0.2) is 27.0 Å². The quantitative estimate of drug-likeness (QED) is 0.451. The predicted octanol–water partition coefficient (Wildman–Crippen LogP) is 4.26. The highest BCUT2D eigenvalue weighted by molar-refractivity contribution is 7.21. The van der Waals surface area contributed by atoms with E-state index >= 15 is 0 Å². The van der Waals surface area contributed by atoms with Crippen molar-refractivity contribution in [3.05, 3.63) is 75.5 Å². The fourth-order valence-corrected chi connectivity index (χ4v) is 4.97. The molecule has 6 nitrogen and oxygen atoms in total. The molecule has 0 atom stereocenters. The zero-order chi connectivity index (χ0) is 20.5. The molecule has 0 spiro atoms. The van der Waals surface area contributed by atoms with E-state index in [0.29, 0.717) is 32.3 Å². The summed E-state index contributed by atoms with van der Waals surface area (Å²) in [6.07, 6.45) is 3.14. The van der Waals surface area contributed by atoms with Crippen LogP contribution in [0.25, 0.3) is 21.5 Å². The van der Waals surface area contributed by atoms with Crippen LogP contribution in [0.2, 0.25) is 0 Å². The summed E-state index contributed by atoms with van der Waals surface area (Å²) in [5.74, 6) is -0.207. The fraction of sp³-hybridized carbons (Fsp3) is 0.143. The Morgan fingerprint density at radius 1 is 1.31 bits per heavy atom. The Hall–Kier alpha value is -3.10. The summed E-state index contributed by atoms with van der Waals surface area (Å²) in [6.45, 7) is 5.89. The van der Waals surface area contributed by atoms with Gasteiger partial charge in [0.1, 0.15) is 4.83 Å². The van der Waals surface area contributed by atoms with Gasteiger partial charge in [-0.2, -0.15) is 0 Å². The number of hydrogen-bond acceptors (Lipinski definition) is 6. The fourth-order valence-electron chi connectivity index (χ4n) is 3.04. The lowest BCUT2D eigenvalue weighted by Crippen LogP contribution is -2.30. The number of amides is 1. The van der Waals surface area contributed by atoms with E-state index in [1.165, 1.54) is 33.6 Å². The first-order valence-electron chi connectivity index (χ1n) is 8.89. The number of fused-ring (bicyclic) bond motifs is 1. The number of thiazole rings is 1. The second-order valence-corrected chi connectivity index (χ2v) is 8.32. The van der Waals surface area contributed by atoms with Crippen LogP contribution >= 0.6 is 22.7 Å². The topological polar surface area (TPSA) is 68.1 Å². The number of thiophene rings is 1. The molecule has 3 aromatic heterocycles. The first kappa shape index (κ1) is 19.2. The molecule has 0 bridgehead atoms. The van der Waals surface area contributed by atoms with E-state index in [1.807, 2.05) is 35.7 Å². The minimum absolute atomic E-state index is 0.154. The van der Waals surface area contributed by atoms with Gasteiger partial charge >= 0.3 is 0 Å². The van der Waals surface area contributed by atoms with Crippen LogP contribution in [0.15, 0.2) is 59.5 Å². The van der Waals surface area contributed by atoms with Gasteiger partial charge < -0.3 is 4.57 Å². The molecular weight excluding hydrogens is 404 g/mol. The molecule has 8 heteroatoms. The number of anilines is 1. The van der Waals surface area contributed by atoms with Crippen molar-refractivity contribution in [1.29, 1.82) is 0 Å². The minimum Gasteiger partial charge on any atom is -0.302 e. The first-order valence-corrected chi connectivity index (χ1v) is 10.6. The van der Waals surface area contributed by atoms with Gasteiger partial charge in [0.2, 0.25) is 0 Å². The van der Waals surface area contributed by atoms with Crippen LogP contribution in [0.4, 0.5) is 5.13 Å². The van der Waals surface area contributed by atoms with Crippen LogP contribution in [0, 0.1) is 6.92 Å². The standard InChI is InChI=1S/C21H18N4O2S2/c1-4-10-25(21-23-15(11-28-21)14-8-6-5-7-9-14)20(27)17-13(2)16-18(29-17)22-12-24(3)19(16)26/h4-9,11-12H,1,10H2,2-3H3. The summed E-state index contributed by atoms with van der Waals surface area (Å²) in [7, 11) is 1.65. The Kier molecular flexibility index (Phi) is 5.12. The third-order valence-corrected chi connectivity index (χ3v) is 6.61. The zero-order valence-corrected chi connectivity index (χ0v) is 17.6. The summed E-state index contributed by atoms with van der Waals surface area (Å²) in [6, 6.07) is 9.82. The molecule has 0 fully saturated rings. The van der Waals surface area contributed by atoms with E-state index in [0.717, 1.165) is 11.3 Å². The lowest BCUT2D eigenvalue weighted by atomic mass is 10.2. The molecule has 0 saturated heterocycles. The van der Waals surface area contributed by atoms with E-state index in [9.17, 15) is 9.59 Å². The van der Waals surface area contributed by atoms with E-state index in [-0.39, 0.29) is 11.5 Å². The van der Waals surface area contributed by atoms with Crippen molar-refractivity contribution in [3.8, 4) is 11.3 Å². The lowest BCUT2D eigenvalue weighted by molar-refractivity contribution is 0.0993. The van der Waals surface area contributed by atoms with Crippen molar-refractivity contribution < 1.29 is 4.79 Å². The number of aromatic nitrogens is 3. The SMILES string of the molecule is C=CCN(C(=O)c1sc2ncn(C)c(=O)c2c1C)c1nc(-c2ccccc2)cs1. The maximum absolute atomic E-state index is 13.4. The van der Waals surface area contributed by atoms with Crippen LogP contribution in [0.3, 0.4) is 0 Å². The van der Waals surface area contributed by atoms with Crippen molar-refractivity contribution in [1.82, 2.24) is 14.5 Å². The third-order valence-electron chi connectivity index (χ3n) is 4.55. The maximum atomic E-state index is 13.4. The van der Waals surface area contributed by atoms with Gasteiger partial charge in [-0.1, -0.05) is 36.4 Å². The van der Waals surface area contributed by atoms with Crippen LogP contribution < -0.4 is 10.5 Å². The van der Waals surface area contributed by atoms with E-state index < -0.39 is 0 Å². The predicted molar refractivity (Wildman–Crippen MR) is 119 cm³/mol. The third kappa shape index (κ3) is 3.41. The maximum Gasteiger partial charge on any atom is 0.270 e.